The molecule has 3 N–H and O–H groups in total. The summed E-state index contributed by atoms with van der Waals surface area (Å²) in [5, 5.41) is 10.2. The Labute approximate surface area is 202 Å². The van der Waals surface area contributed by atoms with Crippen molar-refractivity contribution in [2.24, 2.45) is 0 Å². The number of benzene rings is 3. The summed E-state index contributed by atoms with van der Waals surface area (Å²) in [5.74, 6) is 0. The number of rotatable bonds is 6. The fraction of sp³-hybridized carbons (Fsp3) is 0.333. The highest BCUT2D eigenvalue weighted by Crippen LogP contribution is 2.37. The van der Waals surface area contributed by atoms with Gasteiger partial charge in [0.15, 0.2) is 0 Å². The zero-order valence-electron chi connectivity index (χ0n) is 19.6. The van der Waals surface area contributed by atoms with Gasteiger partial charge in [-0.15, -0.1) is 0 Å². The minimum absolute atomic E-state index is 0.919. The molecule has 176 valence electrons. The summed E-state index contributed by atoms with van der Waals surface area (Å²) in [6.07, 6.45) is 0. The van der Waals surface area contributed by atoms with Crippen molar-refractivity contribution in [3.63, 3.8) is 0 Å². The summed E-state index contributed by atoms with van der Waals surface area (Å²) >= 11 is 0. The number of nitrogens with one attached hydrogen (secondary N) is 3. The van der Waals surface area contributed by atoms with Crippen LogP contribution in [0.2, 0.25) is 0 Å². The zero-order chi connectivity index (χ0) is 22.7. The molecule has 34 heavy (non-hydrogen) atoms. The first-order chi connectivity index (χ1) is 16.8. The lowest BCUT2D eigenvalue weighted by atomic mass is 10.1. The molecular formula is C27H33N7. The van der Waals surface area contributed by atoms with Crippen molar-refractivity contribution in [2.45, 2.75) is 0 Å². The van der Waals surface area contributed by atoms with E-state index < -0.39 is 0 Å². The molecule has 3 aliphatic rings. The molecule has 3 fully saturated rings. The normalized spacial score (nSPS) is 18.2. The van der Waals surface area contributed by atoms with E-state index in [0.29, 0.717) is 0 Å². The smallest absolute Gasteiger partial charge is 0.0683 e. The molecule has 0 spiro atoms. The van der Waals surface area contributed by atoms with Crippen LogP contribution < -0.4 is 35.6 Å². The quantitative estimate of drug-likeness (QED) is 0.528. The maximum Gasteiger partial charge on any atom is 0.0683 e. The Morgan fingerprint density at radius 2 is 0.735 bits per heavy atom. The topological polar surface area (TPSA) is 49.1 Å². The van der Waals surface area contributed by atoms with Crippen molar-refractivity contribution < 1.29 is 0 Å². The molecular weight excluding hydrogens is 422 g/mol. The third kappa shape index (κ3) is 4.30. The SMILES string of the molecule is c1cc(N(c2ccc(N3CCNC3)cc2)c2ccc(N3CCNC3)cc2)ccc1N1CCNC1. The van der Waals surface area contributed by atoms with E-state index >= 15 is 0 Å². The maximum atomic E-state index is 3.42. The molecule has 0 amide bonds. The predicted octanol–water partition coefficient (Wildman–Crippen LogP) is 3.26. The maximum absolute atomic E-state index is 3.42. The fourth-order valence-electron chi connectivity index (χ4n) is 5.07. The van der Waals surface area contributed by atoms with E-state index in [1.807, 2.05) is 0 Å². The fourth-order valence-corrected chi connectivity index (χ4v) is 5.07. The van der Waals surface area contributed by atoms with Crippen molar-refractivity contribution in [3.05, 3.63) is 72.8 Å². The molecule has 0 unspecified atom stereocenters. The Balaban J connectivity index is 1.32. The van der Waals surface area contributed by atoms with Gasteiger partial charge in [-0.25, -0.2) is 0 Å². The summed E-state index contributed by atoms with van der Waals surface area (Å²) in [6.45, 7) is 9.07. The lowest BCUT2D eigenvalue weighted by Gasteiger charge is -2.28. The van der Waals surface area contributed by atoms with Crippen LogP contribution in [0.1, 0.15) is 0 Å². The molecule has 3 heterocycles. The molecule has 3 aromatic carbocycles. The highest BCUT2D eigenvalue weighted by Gasteiger charge is 2.18. The Kier molecular flexibility index (Phi) is 5.97. The van der Waals surface area contributed by atoms with Gasteiger partial charge >= 0.3 is 0 Å². The molecule has 3 aliphatic heterocycles. The Hall–Kier alpha value is -3.26. The lowest BCUT2D eigenvalue weighted by Crippen LogP contribution is -2.21. The van der Waals surface area contributed by atoms with Gasteiger partial charge in [0.25, 0.3) is 0 Å². The minimum Gasteiger partial charge on any atom is -0.357 e. The minimum atomic E-state index is 0.919. The Bertz CT molecular complexity index is 922. The monoisotopic (exact) mass is 455 g/mol. The third-order valence-corrected chi connectivity index (χ3v) is 7.00. The van der Waals surface area contributed by atoms with E-state index in [9.17, 15) is 0 Å². The number of hydrogen-bond donors (Lipinski definition) is 3. The lowest BCUT2D eigenvalue weighted by molar-refractivity contribution is 0.855. The average Bonchev–Trinajstić information content (AvgIpc) is 3.69. The second kappa shape index (κ2) is 9.54. The second-order valence-corrected chi connectivity index (χ2v) is 9.15. The molecule has 0 aliphatic carbocycles. The van der Waals surface area contributed by atoms with E-state index in [0.717, 1.165) is 59.3 Å². The van der Waals surface area contributed by atoms with Crippen LogP contribution in [-0.2, 0) is 0 Å². The van der Waals surface area contributed by atoms with Crippen LogP contribution in [0.4, 0.5) is 34.1 Å². The Morgan fingerprint density at radius 1 is 0.441 bits per heavy atom. The zero-order valence-corrected chi connectivity index (χ0v) is 19.6. The first-order valence-electron chi connectivity index (χ1n) is 12.3. The van der Waals surface area contributed by atoms with Crippen LogP contribution in [-0.4, -0.2) is 59.3 Å². The molecule has 0 atom stereocenters. The standard InChI is InChI=1S/C27H33N7/c1-7-25(8-2-22(1)31-16-13-28-19-31)34(26-9-3-23(4-10-26)32-17-14-29-20-32)27-11-5-24(6-12-27)33-18-15-30-21-33/h1-12,28-30H,13-21H2. The van der Waals surface area contributed by atoms with Crippen LogP contribution >= 0.6 is 0 Å². The van der Waals surface area contributed by atoms with E-state index in [-0.39, 0.29) is 0 Å². The van der Waals surface area contributed by atoms with E-state index in [4.69, 9.17) is 0 Å². The second-order valence-electron chi connectivity index (χ2n) is 9.15. The van der Waals surface area contributed by atoms with Gasteiger partial charge in [-0.1, -0.05) is 0 Å². The summed E-state index contributed by atoms with van der Waals surface area (Å²) < 4.78 is 0. The summed E-state index contributed by atoms with van der Waals surface area (Å²) in [4.78, 5) is 9.49. The number of hydrogen-bond acceptors (Lipinski definition) is 7. The first kappa shape index (κ1) is 21.3. The molecule has 6 rings (SSSR count). The van der Waals surface area contributed by atoms with Gasteiger partial charge in [-0.3, -0.25) is 16.0 Å². The van der Waals surface area contributed by atoms with Crippen LogP contribution in [0.15, 0.2) is 72.8 Å². The van der Waals surface area contributed by atoms with Crippen molar-refractivity contribution >= 4 is 34.1 Å². The molecule has 0 bridgehead atoms. The van der Waals surface area contributed by atoms with Gasteiger partial charge in [-0.2, -0.15) is 0 Å². The molecule has 0 aromatic heterocycles. The van der Waals surface area contributed by atoms with Crippen LogP contribution in [0.25, 0.3) is 0 Å². The predicted molar refractivity (Wildman–Crippen MR) is 142 cm³/mol. The van der Waals surface area contributed by atoms with Crippen molar-refractivity contribution in [3.8, 4) is 0 Å². The molecule has 0 saturated carbocycles. The largest absolute Gasteiger partial charge is 0.357 e. The number of nitrogens with zero attached hydrogens (tertiary/aromatic N) is 4. The molecule has 3 saturated heterocycles. The first-order valence-corrected chi connectivity index (χ1v) is 12.3. The molecule has 7 nitrogen and oxygen atoms in total. The molecule has 0 radical (unpaired) electrons. The van der Waals surface area contributed by atoms with Gasteiger partial charge in [0, 0.05) is 73.4 Å². The van der Waals surface area contributed by atoms with Crippen molar-refractivity contribution in [2.75, 3.05) is 78.9 Å². The highest BCUT2D eigenvalue weighted by atomic mass is 15.3. The Morgan fingerprint density at radius 3 is 0.971 bits per heavy atom. The summed E-state index contributed by atoms with van der Waals surface area (Å²) in [5.41, 5.74) is 7.30. The van der Waals surface area contributed by atoms with Crippen molar-refractivity contribution in [1.29, 1.82) is 0 Å². The van der Waals surface area contributed by atoms with E-state index in [1.165, 1.54) is 34.1 Å². The van der Waals surface area contributed by atoms with Gasteiger partial charge in [0.2, 0.25) is 0 Å². The van der Waals surface area contributed by atoms with Gasteiger partial charge in [0.1, 0.15) is 0 Å². The molecule has 7 heteroatoms. The van der Waals surface area contributed by atoms with Gasteiger partial charge in [0.05, 0.1) is 20.0 Å². The van der Waals surface area contributed by atoms with Crippen LogP contribution in [0.5, 0.6) is 0 Å². The van der Waals surface area contributed by atoms with E-state index in [2.05, 4.69) is 108 Å². The van der Waals surface area contributed by atoms with E-state index in [1.54, 1.807) is 0 Å². The number of anilines is 6. The van der Waals surface area contributed by atoms with Crippen LogP contribution in [0.3, 0.4) is 0 Å². The summed E-state index contributed by atoms with van der Waals surface area (Å²) in [7, 11) is 0. The molecule has 3 aromatic rings. The van der Waals surface area contributed by atoms with Gasteiger partial charge < -0.3 is 19.6 Å². The van der Waals surface area contributed by atoms with Crippen molar-refractivity contribution in [1.82, 2.24) is 16.0 Å². The van der Waals surface area contributed by atoms with Gasteiger partial charge in [-0.05, 0) is 72.8 Å². The highest BCUT2D eigenvalue weighted by molar-refractivity contribution is 5.79. The summed E-state index contributed by atoms with van der Waals surface area (Å²) in [6, 6.07) is 26.9. The average molecular weight is 456 g/mol. The van der Waals surface area contributed by atoms with Crippen LogP contribution in [0, 0.1) is 0 Å². The third-order valence-electron chi connectivity index (χ3n) is 7.00.